The standard InChI is InChI=1S/C11H11N3O2/c1-8-7-13(9(2)12-8)10-4-3-5-11(6-10)14(15)16/h3-7H,1-2H3. The minimum absolute atomic E-state index is 0.0863. The third-order valence-corrected chi connectivity index (χ3v) is 2.32. The third kappa shape index (κ3) is 1.79. The Hall–Kier alpha value is -2.17. The molecule has 0 spiro atoms. The van der Waals surface area contributed by atoms with Crippen molar-refractivity contribution >= 4 is 5.69 Å². The first-order valence-electron chi connectivity index (χ1n) is 4.85. The van der Waals surface area contributed by atoms with Gasteiger partial charge >= 0.3 is 0 Å². The number of hydrogen-bond acceptors (Lipinski definition) is 3. The highest BCUT2D eigenvalue weighted by atomic mass is 16.6. The lowest BCUT2D eigenvalue weighted by molar-refractivity contribution is -0.384. The second-order valence-electron chi connectivity index (χ2n) is 3.58. The number of rotatable bonds is 2. The van der Waals surface area contributed by atoms with E-state index in [1.165, 1.54) is 12.1 Å². The Morgan fingerprint density at radius 2 is 2.12 bits per heavy atom. The molecule has 0 amide bonds. The van der Waals surface area contributed by atoms with E-state index in [9.17, 15) is 10.1 Å². The van der Waals surface area contributed by atoms with Crippen molar-refractivity contribution in [3.8, 4) is 5.69 Å². The molecular formula is C11H11N3O2. The van der Waals surface area contributed by atoms with Gasteiger partial charge in [-0.05, 0) is 19.9 Å². The summed E-state index contributed by atoms with van der Waals surface area (Å²) in [4.78, 5) is 14.5. The Bertz CT molecular complexity index is 546. The summed E-state index contributed by atoms with van der Waals surface area (Å²) in [6.07, 6.45) is 1.86. The van der Waals surface area contributed by atoms with Crippen molar-refractivity contribution < 1.29 is 4.92 Å². The van der Waals surface area contributed by atoms with Gasteiger partial charge < -0.3 is 4.57 Å². The maximum absolute atomic E-state index is 10.7. The number of nitro groups is 1. The molecule has 0 saturated heterocycles. The van der Waals surface area contributed by atoms with Gasteiger partial charge in [0, 0.05) is 18.3 Å². The fourth-order valence-electron chi connectivity index (χ4n) is 1.64. The number of benzene rings is 1. The lowest BCUT2D eigenvalue weighted by Gasteiger charge is -2.03. The smallest absolute Gasteiger partial charge is 0.271 e. The van der Waals surface area contributed by atoms with Crippen molar-refractivity contribution in [2.24, 2.45) is 0 Å². The summed E-state index contributed by atoms with van der Waals surface area (Å²) in [5.74, 6) is 0.818. The van der Waals surface area contributed by atoms with Gasteiger partial charge in [-0.25, -0.2) is 4.98 Å². The number of non-ortho nitro benzene ring substituents is 1. The molecule has 16 heavy (non-hydrogen) atoms. The molecule has 0 aliphatic carbocycles. The fourth-order valence-corrected chi connectivity index (χ4v) is 1.64. The average molecular weight is 217 g/mol. The summed E-state index contributed by atoms with van der Waals surface area (Å²) in [5.41, 5.74) is 1.74. The highest BCUT2D eigenvalue weighted by Gasteiger charge is 2.08. The van der Waals surface area contributed by atoms with Gasteiger partial charge in [-0.15, -0.1) is 0 Å². The predicted molar refractivity (Wildman–Crippen MR) is 59.7 cm³/mol. The van der Waals surface area contributed by atoms with E-state index in [1.54, 1.807) is 6.07 Å². The number of nitrogens with zero attached hydrogens (tertiary/aromatic N) is 3. The molecule has 0 aliphatic heterocycles. The van der Waals surface area contributed by atoms with Crippen molar-refractivity contribution in [3.05, 3.63) is 52.1 Å². The highest BCUT2D eigenvalue weighted by Crippen LogP contribution is 2.18. The van der Waals surface area contributed by atoms with Crippen LogP contribution in [0, 0.1) is 24.0 Å². The second kappa shape index (κ2) is 3.77. The Morgan fingerprint density at radius 1 is 1.38 bits per heavy atom. The quantitative estimate of drug-likeness (QED) is 0.573. The number of aromatic nitrogens is 2. The Balaban J connectivity index is 2.52. The maximum atomic E-state index is 10.7. The number of imidazole rings is 1. The van der Waals surface area contributed by atoms with Gasteiger partial charge in [0.15, 0.2) is 0 Å². The monoisotopic (exact) mass is 217 g/mol. The minimum atomic E-state index is -0.400. The van der Waals surface area contributed by atoms with Crippen LogP contribution in [0.2, 0.25) is 0 Å². The summed E-state index contributed by atoms with van der Waals surface area (Å²) >= 11 is 0. The van der Waals surface area contributed by atoms with Crippen LogP contribution >= 0.6 is 0 Å². The van der Waals surface area contributed by atoms with E-state index >= 15 is 0 Å². The second-order valence-corrected chi connectivity index (χ2v) is 3.58. The molecule has 2 aromatic rings. The van der Waals surface area contributed by atoms with Gasteiger partial charge in [-0.3, -0.25) is 10.1 Å². The van der Waals surface area contributed by atoms with E-state index < -0.39 is 4.92 Å². The normalized spacial score (nSPS) is 10.4. The zero-order valence-electron chi connectivity index (χ0n) is 9.04. The van der Waals surface area contributed by atoms with Crippen LogP contribution in [0.4, 0.5) is 5.69 Å². The van der Waals surface area contributed by atoms with E-state index in [2.05, 4.69) is 4.98 Å². The van der Waals surface area contributed by atoms with Crippen LogP contribution < -0.4 is 0 Å². The van der Waals surface area contributed by atoms with Gasteiger partial charge in [0.2, 0.25) is 0 Å². The Morgan fingerprint density at radius 3 is 2.69 bits per heavy atom. The first-order valence-corrected chi connectivity index (χ1v) is 4.85. The van der Waals surface area contributed by atoms with Gasteiger partial charge in [0.1, 0.15) is 5.82 Å². The van der Waals surface area contributed by atoms with E-state index in [4.69, 9.17) is 0 Å². The van der Waals surface area contributed by atoms with Crippen LogP contribution in [-0.2, 0) is 0 Å². The first kappa shape index (κ1) is 10.4. The molecule has 0 fully saturated rings. The molecule has 0 unspecified atom stereocenters. The van der Waals surface area contributed by atoms with E-state index in [0.29, 0.717) is 0 Å². The fraction of sp³-hybridized carbons (Fsp3) is 0.182. The zero-order valence-corrected chi connectivity index (χ0v) is 9.04. The van der Waals surface area contributed by atoms with Crippen LogP contribution in [0.25, 0.3) is 5.69 Å². The van der Waals surface area contributed by atoms with E-state index in [0.717, 1.165) is 17.2 Å². The van der Waals surface area contributed by atoms with Crippen molar-refractivity contribution in [1.29, 1.82) is 0 Å². The summed E-state index contributed by atoms with van der Waals surface area (Å²) in [6.45, 7) is 3.76. The van der Waals surface area contributed by atoms with Gasteiger partial charge in [0.05, 0.1) is 16.3 Å². The van der Waals surface area contributed by atoms with Crippen LogP contribution in [-0.4, -0.2) is 14.5 Å². The molecule has 0 bridgehead atoms. The van der Waals surface area contributed by atoms with Crippen LogP contribution in [0.1, 0.15) is 11.5 Å². The summed E-state index contributed by atoms with van der Waals surface area (Å²) in [6, 6.07) is 6.50. The number of aryl methyl sites for hydroxylation is 2. The Labute approximate surface area is 92.5 Å². The lowest BCUT2D eigenvalue weighted by atomic mass is 10.3. The molecule has 5 nitrogen and oxygen atoms in total. The zero-order chi connectivity index (χ0) is 11.7. The molecule has 0 N–H and O–H groups in total. The molecule has 1 aromatic carbocycles. The molecule has 1 aromatic heterocycles. The molecule has 0 aliphatic rings. The van der Waals surface area contributed by atoms with Gasteiger partial charge in [0.25, 0.3) is 5.69 Å². The predicted octanol–water partition coefficient (Wildman–Crippen LogP) is 2.40. The van der Waals surface area contributed by atoms with Gasteiger partial charge in [-0.1, -0.05) is 6.07 Å². The van der Waals surface area contributed by atoms with E-state index in [1.807, 2.05) is 30.7 Å². The third-order valence-electron chi connectivity index (χ3n) is 2.32. The van der Waals surface area contributed by atoms with Crippen molar-refractivity contribution in [1.82, 2.24) is 9.55 Å². The molecule has 0 radical (unpaired) electrons. The number of hydrogen-bond donors (Lipinski definition) is 0. The lowest BCUT2D eigenvalue weighted by Crippen LogP contribution is -1.96. The average Bonchev–Trinajstić information content (AvgIpc) is 2.58. The van der Waals surface area contributed by atoms with Crippen molar-refractivity contribution in [3.63, 3.8) is 0 Å². The molecule has 0 atom stereocenters. The maximum Gasteiger partial charge on any atom is 0.271 e. The van der Waals surface area contributed by atoms with Gasteiger partial charge in [-0.2, -0.15) is 0 Å². The van der Waals surface area contributed by atoms with Crippen LogP contribution in [0.3, 0.4) is 0 Å². The van der Waals surface area contributed by atoms with Crippen molar-refractivity contribution in [2.75, 3.05) is 0 Å². The number of nitro benzene ring substituents is 1. The minimum Gasteiger partial charge on any atom is -0.303 e. The summed E-state index contributed by atoms with van der Waals surface area (Å²) in [7, 11) is 0. The molecular weight excluding hydrogens is 206 g/mol. The molecule has 2 rings (SSSR count). The SMILES string of the molecule is Cc1cn(-c2cccc([N+](=O)[O-])c2)c(C)n1. The van der Waals surface area contributed by atoms with Crippen LogP contribution in [0.5, 0.6) is 0 Å². The first-order chi connectivity index (χ1) is 7.58. The topological polar surface area (TPSA) is 61.0 Å². The Kier molecular flexibility index (Phi) is 2.44. The molecule has 1 heterocycles. The summed E-state index contributed by atoms with van der Waals surface area (Å²) in [5, 5.41) is 10.7. The van der Waals surface area contributed by atoms with Crippen LogP contribution in [0.15, 0.2) is 30.5 Å². The largest absolute Gasteiger partial charge is 0.303 e. The highest BCUT2D eigenvalue weighted by molar-refractivity contribution is 5.44. The molecule has 5 heteroatoms. The molecule has 0 saturated carbocycles. The van der Waals surface area contributed by atoms with Crippen molar-refractivity contribution in [2.45, 2.75) is 13.8 Å². The molecule has 82 valence electrons. The summed E-state index contributed by atoms with van der Waals surface area (Å²) < 4.78 is 1.84. The van der Waals surface area contributed by atoms with E-state index in [-0.39, 0.29) is 5.69 Å².